The van der Waals surface area contributed by atoms with Crippen LogP contribution in [0.4, 0.5) is 0 Å². The first kappa shape index (κ1) is 24.9. The lowest BCUT2D eigenvalue weighted by Crippen LogP contribution is -2.37. The second-order valence-corrected chi connectivity index (χ2v) is 6.50. The van der Waals surface area contributed by atoms with Gasteiger partial charge < -0.3 is 29.6 Å². The summed E-state index contributed by atoms with van der Waals surface area (Å²) in [7, 11) is 3.44. The summed E-state index contributed by atoms with van der Waals surface area (Å²) in [6, 6.07) is 8.02. The molecule has 1 unspecified atom stereocenters. The molecule has 1 fully saturated rings. The minimum atomic E-state index is 0. The highest BCUT2D eigenvalue weighted by Crippen LogP contribution is 2.12. The van der Waals surface area contributed by atoms with Gasteiger partial charge in [0.2, 0.25) is 0 Å². The van der Waals surface area contributed by atoms with Crippen LogP contribution < -0.4 is 15.4 Å². The molecule has 0 saturated carbocycles. The van der Waals surface area contributed by atoms with E-state index < -0.39 is 0 Å². The van der Waals surface area contributed by atoms with Crippen LogP contribution in [0.15, 0.2) is 29.3 Å². The lowest BCUT2D eigenvalue weighted by molar-refractivity contribution is 0.0888. The number of rotatable bonds is 12. The number of halogens is 1. The van der Waals surface area contributed by atoms with Crippen molar-refractivity contribution in [1.29, 1.82) is 0 Å². The van der Waals surface area contributed by atoms with E-state index in [9.17, 15) is 0 Å². The predicted octanol–water partition coefficient (Wildman–Crippen LogP) is 2.44. The monoisotopic (exact) mass is 507 g/mol. The fraction of sp³-hybridized carbons (Fsp3) is 0.650. The number of hydrogen-bond acceptors (Lipinski definition) is 5. The lowest BCUT2D eigenvalue weighted by Gasteiger charge is -2.13. The zero-order chi connectivity index (χ0) is 19.2. The first-order valence-electron chi connectivity index (χ1n) is 9.62. The van der Waals surface area contributed by atoms with E-state index in [1.807, 2.05) is 24.3 Å². The zero-order valence-corrected chi connectivity index (χ0v) is 19.3. The van der Waals surface area contributed by atoms with Gasteiger partial charge in [0.25, 0.3) is 0 Å². The molecule has 0 bridgehead atoms. The number of ether oxygens (including phenoxy) is 4. The van der Waals surface area contributed by atoms with Gasteiger partial charge in [0.05, 0.1) is 19.8 Å². The van der Waals surface area contributed by atoms with Gasteiger partial charge in [-0.15, -0.1) is 24.0 Å². The van der Waals surface area contributed by atoms with E-state index in [0.717, 1.165) is 57.5 Å². The molecule has 1 aromatic rings. The first-order valence-corrected chi connectivity index (χ1v) is 9.62. The van der Waals surface area contributed by atoms with Gasteiger partial charge in [-0.1, -0.05) is 12.1 Å². The number of benzene rings is 1. The molecule has 0 aliphatic carbocycles. The SMILES string of the molecule is CN=C(NCCCOCC1CCOC1)NCc1ccc(OCCOC)cc1.I. The lowest BCUT2D eigenvalue weighted by atomic mass is 10.1. The second-order valence-electron chi connectivity index (χ2n) is 6.50. The topological polar surface area (TPSA) is 73.3 Å². The van der Waals surface area contributed by atoms with Crippen molar-refractivity contribution in [2.24, 2.45) is 10.9 Å². The van der Waals surface area contributed by atoms with Gasteiger partial charge in [-0.3, -0.25) is 4.99 Å². The van der Waals surface area contributed by atoms with Gasteiger partial charge in [-0.25, -0.2) is 0 Å². The van der Waals surface area contributed by atoms with Gasteiger partial charge >= 0.3 is 0 Å². The Labute approximate surface area is 185 Å². The maximum atomic E-state index is 5.71. The fourth-order valence-electron chi connectivity index (χ4n) is 2.70. The van der Waals surface area contributed by atoms with Crippen LogP contribution in [0.3, 0.4) is 0 Å². The highest BCUT2D eigenvalue weighted by molar-refractivity contribution is 14.0. The molecule has 2 N–H and O–H groups in total. The van der Waals surface area contributed by atoms with Crippen LogP contribution in [0.2, 0.25) is 0 Å². The third-order valence-corrected chi connectivity index (χ3v) is 4.30. The number of nitrogens with one attached hydrogen (secondary N) is 2. The molecule has 160 valence electrons. The van der Waals surface area contributed by atoms with Crippen molar-refractivity contribution in [2.75, 3.05) is 60.3 Å². The Kier molecular flexibility index (Phi) is 14.1. The molecule has 1 atom stereocenters. The Balaban J connectivity index is 0.00000392. The van der Waals surface area contributed by atoms with Crippen LogP contribution in [0, 0.1) is 5.92 Å². The molecule has 28 heavy (non-hydrogen) atoms. The van der Waals surface area contributed by atoms with E-state index in [1.54, 1.807) is 14.2 Å². The molecule has 2 rings (SSSR count). The van der Waals surface area contributed by atoms with Crippen LogP contribution in [0.5, 0.6) is 5.75 Å². The summed E-state index contributed by atoms with van der Waals surface area (Å²) in [5.41, 5.74) is 1.17. The number of hydrogen-bond donors (Lipinski definition) is 2. The average Bonchev–Trinajstić information content (AvgIpc) is 3.21. The number of methoxy groups -OCH3 is 1. The second kappa shape index (κ2) is 15.8. The highest BCUT2D eigenvalue weighted by atomic mass is 127. The average molecular weight is 507 g/mol. The summed E-state index contributed by atoms with van der Waals surface area (Å²) in [6.45, 7) is 5.96. The van der Waals surface area contributed by atoms with Crippen molar-refractivity contribution in [1.82, 2.24) is 10.6 Å². The highest BCUT2D eigenvalue weighted by Gasteiger charge is 2.15. The molecule has 1 saturated heterocycles. The zero-order valence-electron chi connectivity index (χ0n) is 16.9. The minimum Gasteiger partial charge on any atom is -0.491 e. The van der Waals surface area contributed by atoms with Crippen molar-refractivity contribution in [3.8, 4) is 5.75 Å². The van der Waals surface area contributed by atoms with Crippen LogP contribution >= 0.6 is 24.0 Å². The van der Waals surface area contributed by atoms with E-state index in [1.165, 1.54) is 5.56 Å². The Morgan fingerprint density at radius 3 is 2.68 bits per heavy atom. The molecule has 1 heterocycles. The molecule has 1 aliphatic rings. The largest absolute Gasteiger partial charge is 0.491 e. The molecule has 8 heteroatoms. The Bertz CT molecular complexity index is 537. The predicted molar refractivity (Wildman–Crippen MR) is 122 cm³/mol. The third-order valence-electron chi connectivity index (χ3n) is 4.30. The summed E-state index contributed by atoms with van der Waals surface area (Å²) in [4.78, 5) is 4.25. The molecular formula is C20H34IN3O4. The van der Waals surface area contributed by atoms with E-state index in [0.29, 0.717) is 25.7 Å². The standard InChI is InChI=1S/C20H33N3O4.HI/c1-21-20(22-9-3-10-25-15-18-8-11-26-16-18)23-14-17-4-6-19(7-5-17)27-13-12-24-2;/h4-7,18H,3,8-16H2,1-2H3,(H2,21,22,23);1H. The Morgan fingerprint density at radius 2 is 2.00 bits per heavy atom. The van der Waals surface area contributed by atoms with Gasteiger partial charge in [-0.2, -0.15) is 0 Å². The van der Waals surface area contributed by atoms with Crippen LogP contribution in [-0.4, -0.2) is 66.3 Å². The van der Waals surface area contributed by atoms with Crippen molar-refractivity contribution in [3.63, 3.8) is 0 Å². The fourth-order valence-corrected chi connectivity index (χ4v) is 2.70. The van der Waals surface area contributed by atoms with Gasteiger partial charge in [0.1, 0.15) is 12.4 Å². The molecule has 7 nitrogen and oxygen atoms in total. The van der Waals surface area contributed by atoms with Gasteiger partial charge in [0.15, 0.2) is 5.96 Å². The molecule has 1 aromatic carbocycles. The smallest absolute Gasteiger partial charge is 0.191 e. The van der Waals surface area contributed by atoms with Crippen LogP contribution in [0.25, 0.3) is 0 Å². The maximum absolute atomic E-state index is 5.71. The molecule has 1 aliphatic heterocycles. The normalized spacial score (nSPS) is 16.5. The van der Waals surface area contributed by atoms with E-state index in [2.05, 4.69) is 15.6 Å². The van der Waals surface area contributed by atoms with Gasteiger partial charge in [-0.05, 0) is 30.5 Å². The number of nitrogens with zero attached hydrogens (tertiary/aromatic N) is 1. The first-order chi connectivity index (χ1) is 13.3. The molecule has 0 spiro atoms. The minimum absolute atomic E-state index is 0. The number of aliphatic imine (C=N–C) groups is 1. The summed E-state index contributed by atoms with van der Waals surface area (Å²) in [5, 5.41) is 6.62. The summed E-state index contributed by atoms with van der Waals surface area (Å²) in [6.07, 6.45) is 2.07. The quantitative estimate of drug-likeness (QED) is 0.196. The van der Waals surface area contributed by atoms with E-state index in [4.69, 9.17) is 18.9 Å². The summed E-state index contributed by atoms with van der Waals surface area (Å²) in [5.74, 6) is 2.21. The van der Waals surface area contributed by atoms with Crippen molar-refractivity contribution in [2.45, 2.75) is 19.4 Å². The van der Waals surface area contributed by atoms with Crippen LogP contribution in [-0.2, 0) is 20.8 Å². The third kappa shape index (κ3) is 10.4. The van der Waals surface area contributed by atoms with E-state index in [-0.39, 0.29) is 24.0 Å². The van der Waals surface area contributed by atoms with Crippen molar-refractivity contribution in [3.05, 3.63) is 29.8 Å². The maximum Gasteiger partial charge on any atom is 0.191 e. The van der Waals surface area contributed by atoms with Crippen molar-refractivity contribution < 1.29 is 18.9 Å². The van der Waals surface area contributed by atoms with Crippen LogP contribution in [0.1, 0.15) is 18.4 Å². The summed E-state index contributed by atoms with van der Waals surface area (Å²) >= 11 is 0. The molecular weight excluding hydrogens is 473 g/mol. The Morgan fingerprint density at radius 1 is 1.18 bits per heavy atom. The van der Waals surface area contributed by atoms with Gasteiger partial charge in [0, 0.05) is 46.4 Å². The van der Waals surface area contributed by atoms with Crippen molar-refractivity contribution >= 4 is 29.9 Å². The Hall–Kier alpha value is -1.10. The summed E-state index contributed by atoms with van der Waals surface area (Å²) < 4.78 is 21.6. The molecule has 0 amide bonds. The number of guanidine groups is 1. The molecule has 0 radical (unpaired) electrons. The molecule has 0 aromatic heterocycles. The van der Waals surface area contributed by atoms with E-state index >= 15 is 0 Å².